The summed E-state index contributed by atoms with van der Waals surface area (Å²) in [5.74, 6) is 0.799. The maximum Gasteiger partial charge on any atom is 0.191 e. The fraction of sp³-hybridized carbons (Fsp3) is 0.391. The minimum atomic E-state index is 0. The van der Waals surface area contributed by atoms with Crippen LogP contribution in [-0.2, 0) is 26.4 Å². The van der Waals surface area contributed by atoms with Crippen LogP contribution in [0.3, 0.4) is 0 Å². The van der Waals surface area contributed by atoms with Crippen LogP contribution in [0.25, 0.3) is 10.8 Å². The molecule has 0 aliphatic carbocycles. The van der Waals surface area contributed by atoms with Gasteiger partial charge < -0.3 is 10.6 Å². The van der Waals surface area contributed by atoms with E-state index in [0.717, 1.165) is 31.0 Å². The van der Waals surface area contributed by atoms with Gasteiger partial charge in [-0.3, -0.25) is 9.67 Å². The van der Waals surface area contributed by atoms with Crippen LogP contribution in [0, 0.1) is 0 Å². The molecule has 2 N–H and O–H groups in total. The molecule has 1 aromatic heterocycles. The van der Waals surface area contributed by atoms with Crippen LogP contribution >= 0.6 is 24.0 Å². The normalized spacial score (nSPS) is 12.5. The standard InChI is InChI=1S/C23H31N5.HI/c1-6-21-20(22(7-2)28(5)27-21)15-25-23(24-4)26-16(3)18-14-10-12-17-11-8-9-13-19(17)18;/h8-14,16H,6-7,15H2,1-5H3,(H2,24,25,26);1H. The van der Waals surface area contributed by atoms with Gasteiger partial charge >= 0.3 is 0 Å². The fourth-order valence-corrected chi connectivity index (χ4v) is 3.87. The third-order valence-corrected chi connectivity index (χ3v) is 5.33. The van der Waals surface area contributed by atoms with Crippen molar-refractivity contribution in [3.63, 3.8) is 0 Å². The number of hydrogen-bond donors (Lipinski definition) is 2. The number of aliphatic imine (C=N–C) groups is 1. The van der Waals surface area contributed by atoms with Gasteiger partial charge in [0.05, 0.1) is 11.7 Å². The van der Waals surface area contributed by atoms with Crippen molar-refractivity contribution in [1.29, 1.82) is 0 Å². The molecule has 5 nitrogen and oxygen atoms in total. The number of rotatable bonds is 6. The van der Waals surface area contributed by atoms with Gasteiger partial charge in [0.1, 0.15) is 0 Å². The first kappa shape index (κ1) is 23.2. The van der Waals surface area contributed by atoms with Gasteiger partial charge in [0.2, 0.25) is 0 Å². The van der Waals surface area contributed by atoms with Crippen LogP contribution in [0.15, 0.2) is 47.5 Å². The zero-order chi connectivity index (χ0) is 20.1. The molecule has 1 unspecified atom stereocenters. The molecule has 0 fully saturated rings. The van der Waals surface area contributed by atoms with Crippen LogP contribution in [0.4, 0.5) is 0 Å². The molecular weight excluding hydrogens is 473 g/mol. The Morgan fingerprint density at radius 1 is 1.10 bits per heavy atom. The molecule has 0 aliphatic rings. The van der Waals surface area contributed by atoms with Gasteiger partial charge in [-0.15, -0.1) is 24.0 Å². The minimum Gasteiger partial charge on any atom is -0.352 e. The highest BCUT2D eigenvalue weighted by Crippen LogP contribution is 2.24. The Bertz CT molecular complexity index is 971. The first-order valence-electron chi connectivity index (χ1n) is 10.1. The molecule has 156 valence electrons. The van der Waals surface area contributed by atoms with Crippen molar-refractivity contribution in [2.24, 2.45) is 12.0 Å². The Morgan fingerprint density at radius 2 is 1.83 bits per heavy atom. The van der Waals surface area contributed by atoms with Gasteiger partial charge in [-0.05, 0) is 36.1 Å². The molecule has 0 aliphatic heterocycles. The first-order valence-corrected chi connectivity index (χ1v) is 10.1. The van der Waals surface area contributed by atoms with E-state index in [2.05, 4.69) is 84.0 Å². The van der Waals surface area contributed by atoms with Gasteiger partial charge in [-0.2, -0.15) is 5.10 Å². The summed E-state index contributed by atoms with van der Waals surface area (Å²) in [6.45, 7) is 7.23. The number of nitrogens with one attached hydrogen (secondary N) is 2. The summed E-state index contributed by atoms with van der Waals surface area (Å²) in [5, 5.41) is 14.2. The lowest BCUT2D eigenvalue weighted by molar-refractivity contribution is 0.685. The number of guanidine groups is 1. The summed E-state index contributed by atoms with van der Waals surface area (Å²) in [4.78, 5) is 4.43. The Hall–Kier alpha value is -2.09. The Labute approximate surface area is 191 Å². The van der Waals surface area contributed by atoms with Crippen LogP contribution in [-0.4, -0.2) is 22.8 Å². The lowest BCUT2D eigenvalue weighted by Crippen LogP contribution is -2.38. The second kappa shape index (κ2) is 10.6. The fourth-order valence-electron chi connectivity index (χ4n) is 3.87. The molecule has 1 atom stereocenters. The second-order valence-electron chi connectivity index (χ2n) is 7.06. The molecule has 3 aromatic rings. The number of fused-ring (bicyclic) bond motifs is 1. The largest absolute Gasteiger partial charge is 0.352 e. The molecule has 0 bridgehead atoms. The molecule has 3 rings (SSSR count). The summed E-state index contributed by atoms with van der Waals surface area (Å²) >= 11 is 0. The van der Waals surface area contributed by atoms with Crippen molar-refractivity contribution in [1.82, 2.24) is 20.4 Å². The predicted octanol–water partition coefficient (Wildman–Crippen LogP) is 4.74. The highest BCUT2D eigenvalue weighted by molar-refractivity contribution is 14.0. The predicted molar refractivity (Wildman–Crippen MR) is 133 cm³/mol. The molecule has 29 heavy (non-hydrogen) atoms. The summed E-state index contributed by atoms with van der Waals surface area (Å²) in [6, 6.07) is 15.1. The topological polar surface area (TPSA) is 54.2 Å². The lowest BCUT2D eigenvalue weighted by Gasteiger charge is -2.20. The number of aromatic nitrogens is 2. The summed E-state index contributed by atoms with van der Waals surface area (Å²) in [7, 11) is 3.84. The molecule has 2 aromatic carbocycles. The molecule has 0 radical (unpaired) electrons. The number of benzene rings is 2. The lowest BCUT2D eigenvalue weighted by atomic mass is 10.00. The van der Waals surface area contributed by atoms with Crippen molar-refractivity contribution in [2.45, 2.75) is 46.2 Å². The zero-order valence-electron chi connectivity index (χ0n) is 18.0. The van der Waals surface area contributed by atoms with E-state index in [4.69, 9.17) is 0 Å². The summed E-state index contributed by atoms with van der Waals surface area (Å²) in [5.41, 5.74) is 4.99. The van der Waals surface area contributed by atoms with Crippen molar-refractivity contribution in [3.05, 3.63) is 65.0 Å². The van der Waals surface area contributed by atoms with Gasteiger partial charge in [-0.1, -0.05) is 56.3 Å². The second-order valence-corrected chi connectivity index (χ2v) is 7.06. The Kier molecular flexibility index (Phi) is 8.49. The van der Waals surface area contributed by atoms with Crippen LogP contribution in [0.1, 0.15) is 49.3 Å². The molecule has 0 saturated heterocycles. The molecule has 6 heteroatoms. The van der Waals surface area contributed by atoms with Crippen LogP contribution < -0.4 is 10.6 Å². The maximum absolute atomic E-state index is 4.66. The van der Waals surface area contributed by atoms with Crippen LogP contribution in [0.2, 0.25) is 0 Å². The average molecular weight is 505 g/mol. The molecule has 1 heterocycles. The van der Waals surface area contributed by atoms with Gasteiger partial charge in [0, 0.05) is 31.9 Å². The molecule has 0 saturated carbocycles. The Morgan fingerprint density at radius 3 is 2.52 bits per heavy atom. The van der Waals surface area contributed by atoms with Crippen molar-refractivity contribution in [3.8, 4) is 0 Å². The summed E-state index contributed by atoms with van der Waals surface area (Å²) < 4.78 is 2.00. The van der Waals surface area contributed by atoms with E-state index in [1.807, 2.05) is 18.8 Å². The van der Waals surface area contributed by atoms with Gasteiger partial charge in [0.15, 0.2) is 5.96 Å². The van der Waals surface area contributed by atoms with E-state index in [-0.39, 0.29) is 30.0 Å². The number of hydrogen-bond acceptors (Lipinski definition) is 2. The van der Waals surface area contributed by atoms with E-state index in [0.29, 0.717) is 0 Å². The number of nitrogens with zero attached hydrogens (tertiary/aromatic N) is 3. The molecular formula is C23H32IN5. The quantitative estimate of drug-likeness (QED) is 0.289. The van der Waals surface area contributed by atoms with Gasteiger partial charge in [0.25, 0.3) is 0 Å². The van der Waals surface area contributed by atoms with E-state index >= 15 is 0 Å². The highest BCUT2D eigenvalue weighted by atomic mass is 127. The van der Waals surface area contributed by atoms with E-state index in [9.17, 15) is 0 Å². The molecule has 0 amide bonds. The van der Waals surface area contributed by atoms with Crippen molar-refractivity contribution >= 4 is 40.7 Å². The van der Waals surface area contributed by atoms with Gasteiger partial charge in [-0.25, -0.2) is 0 Å². The maximum atomic E-state index is 4.66. The van der Waals surface area contributed by atoms with Crippen molar-refractivity contribution in [2.75, 3.05) is 7.05 Å². The van der Waals surface area contributed by atoms with Crippen molar-refractivity contribution < 1.29 is 0 Å². The monoisotopic (exact) mass is 505 g/mol. The minimum absolute atomic E-state index is 0. The zero-order valence-corrected chi connectivity index (χ0v) is 20.3. The highest BCUT2D eigenvalue weighted by Gasteiger charge is 2.15. The third kappa shape index (κ3) is 5.10. The summed E-state index contributed by atoms with van der Waals surface area (Å²) in [6.07, 6.45) is 1.91. The van der Waals surface area contributed by atoms with E-state index < -0.39 is 0 Å². The smallest absolute Gasteiger partial charge is 0.191 e. The van der Waals surface area contributed by atoms with E-state index in [1.165, 1.54) is 27.6 Å². The Balaban J connectivity index is 0.00000300. The first-order chi connectivity index (χ1) is 13.6. The van der Waals surface area contributed by atoms with E-state index in [1.54, 1.807) is 0 Å². The molecule has 0 spiro atoms. The third-order valence-electron chi connectivity index (χ3n) is 5.33. The number of halogens is 1. The average Bonchev–Trinajstić information content (AvgIpc) is 3.04. The number of aryl methyl sites for hydroxylation is 2. The SMILES string of the molecule is CCc1nn(C)c(CC)c1CNC(=NC)NC(C)c1cccc2ccccc12.I. The van der Waals surface area contributed by atoms with Crippen LogP contribution in [0.5, 0.6) is 0 Å².